The van der Waals surface area contributed by atoms with Crippen LogP contribution in [0.5, 0.6) is 0 Å². The van der Waals surface area contributed by atoms with Crippen molar-refractivity contribution in [3.8, 4) is 0 Å². The first kappa shape index (κ1) is 11.8. The van der Waals surface area contributed by atoms with Crippen LogP contribution in [-0.4, -0.2) is 15.7 Å². The summed E-state index contributed by atoms with van der Waals surface area (Å²) in [7, 11) is 0. The Labute approximate surface area is 94.5 Å². The Balaban J connectivity index is 2.73. The first-order valence-corrected chi connectivity index (χ1v) is 6.28. The lowest BCUT2D eigenvalue weighted by Crippen LogP contribution is -1.96. The molecule has 14 heavy (non-hydrogen) atoms. The van der Waals surface area contributed by atoms with Crippen LogP contribution in [0.15, 0.2) is 11.1 Å². The molecule has 0 unspecified atom stereocenters. The van der Waals surface area contributed by atoms with E-state index in [2.05, 4.69) is 23.8 Å². The topological polar surface area (TPSA) is 25.8 Å². The summed E-state index contributed by atoms with van der Waals surface area (Å²) >= 11 is 7.64. The largest absolute Gasteiger partial charge is 0.226 e. The summed E-state index contributed by atoms with van der Waals surface area (Å²) in [6, 6.07) is 1.83. The predicted molar refractivity (Wildman–Crippen MR) is 62.1 cm³/mol. The number of hydrogen-bond donors (Lipinski definition) is 0. The standard InChI is InChI=1S/C10H15ClN2S/c1-3-5-9-12-8(11)7-10(13-9)14-6-4-2/h7H,3-6H2,1-2H3. The van der Waals surface area contributed by atoms with E-state index in [1.54, 1.807) is 11.8 Å². The molecule has 1 aromatic heterocycles. The van der Waals surface area contributed by atoms with E-state index >= 15 is 0 Å². The first-order valence-electron chi connectivity index (χ1n) is 4.92. The van der Waals surface area contributed by atoms with Crippen molar-refractivity contribution in [3.05, 3.63) is 17.0 Å². The minimum Gasteiger partial charge on any atom is -0.226 e. The van der Waals surface area contributed by atoms with Crippen LogP contribution in [0.3, 0.4) is 0 Å². The zero-order valence-electron chi connectivity index (χ0n) is 8.59. The number of nitrogens with zero attached hydrogens (tertiary/aromatic N) is 2. The van der Waals surface area contributed by atoms with Gasteiger partial charge in [0.1, 0.15) is 16.0 Å². The third-order valence-electron chi connectivity index (χ3n) is 1.65. The first-order chi connectivity index (χ1) is 6.76. The van der Waals surface area contributed by atoms with Crippen molar-refractivity contribution in [2.24, 2.45) is 0 Å². The van der Waals surface area contributed by atoms with E-state index in [1.807, 2.05) is 6.07 Å². The quantitative estimate of drug-likeness (QED) is 0.571. The van der Waals surface area contributed by atoms with Gasteiger partial charge in [-0.2, -0.15) is 0 Å². The molecule has 2 nitrogen and oxygen atoms in total. The smallest absolute Gasteiger partial charge is 0.133 e. The van der Waals surface area contributed by atoms with Crippen molar-refractivity contribution in [1.29, 1.82) is 0 Å². The van der Waals surface area contributed by atoms with Crippen LogP contribution in [0.25, 0.3) is 0 Å². The average molecular weight is 231 g/mol. The van der Waals surface area contributed by atoms with Gasteiger partial charge in [-0.1, -0.05) is 25.4 Å². The molecule has 0 aliphatic rings. The second-order valence-corrected chi connectivity index (χ2v) is 4.55. The van der Waals surface area contributed by atoms with Crippen molar-refractivity contribution in [1.82, 2.24) is 9.97 Å². The highest BCUT2D eigenvalue weighted by Crippen LogP contribution is 2.19. The van der Waals surface area contributed by atoms with Gasteiger partial charge in [-0.3, -0.25) is 0 Å². The minimum atomic E-state index is 0.557. The fourth-order valence-corrected chi connectivity index (χ4v) is 2.10. The molecule has 0 bridgehead atoms. The molecule has 0 saturated carbocycles. The third-order valence-corrected chi connectivity index (χ3v) is 2.96. The second-order valence-electron chi connectivity index (χ2n) is 3.04. The molecule has 0 aliphatic heterocycles. The van der Waals surface area contributed by atoms with Crippen LogP contribution in [-0.2, 0) is 6.42 Å². The van der Waals surface area contributed by atoms with Crippen molar-refractivity contribution >= 4 is 23.4 Å². The van der Waals surface area contributed by atoms with Crippen LogP contribution in [0.2, 0.25) is 5.15 Å². The molecule has 0 aromatic carbocycles. The lowest BCUT2D eigenvalue weighted by atomic mass is 10.3. The molecule has 78 valence electrons. The van der Waals surface area contributed by atoms with Crippen LogP contribution in [0, 0.1) is 0 Å². The highest BCUT2D eigenvalue weighted by molar-refractivity contribution is 7.99. The number of halogens is 1. The summed E-state index contributed by atoms with van der Waals surface area (Å²) in [5.41, 5.74) is 0. The molecule has 0 amide bonds. The Hall–Kier alpha value is -0.280. The second kappa shape index (κ2) is 6.25. The van der Waals surface area contributed by atoms with E-state index in [9.17, 15) is 0 Å². The van der Waals surface area contributed by atoms with Crippen molar-refractivity contribution in [3.63, 3.8) is 0 Å². The maximum absolute atomic E-state index is 5.90. The van der Waals surface area contributed by atoms with Crippen molar-refractivity contribution in [2.75, 3.05) is 5.75 Å². The van der Waals surface area contributed by atoms with Gasteiger partial charge in [0.15, 0.2) is 0 Å². The molecule has 0 radical (unpaired) electrons. The number of rotatable bonds is 5. The zero-order chi connectivity index (χ0) is 10.4. The van der Waals surface area contributed by atoms with Gasteiger partial charge in [-0.15, -0.1) is 11.8 Å². The fraction of sp³-hybridized carbons (Fsp3) is 0.600. The maximum atomic E-state index is 5.90. The molecule has 4 heteroatoms. The van der Waals surface area contributed by atoms with Gasteiger partial charge in [0.2, 0.25) is 0 Å². The van der Waals surface area contributed by atoms with E-state index < -0.39 is 0 Å². The molecule has 0 fully saturated rings. The molecular weight excluding hydrogens is 216 g/mol. The summed E-state index contributed by atoms with van der Waals surface area (Å²) in [6.07, 6.45) is 3.11. The monoisotopic (exact) mass is 230 g/mol. The van der Waals surface area contributed by atoms with Crippen LogP contribution < -0.4 is 0 Å². The average Bonchev–Trinajstić information content (AvgIpc) is 2.14. The molecule has 0 N–H and O–H groups in total. The van der Waals surface area contributed by atoms with Crippen LogP contribution >= 0.6 is 23.4 Å². The minimum absolute atomic E-state index is 0.557. The van der Waals surface area contributed by atoms with Crippen molar-refractivity contribution < 1.29 is 0 Å². The highest BCUT2D eigenvalue weighted by atomic mass is 35.5. The Bertz CT molecular complexity index is 291. The predicted octanol–water partition coefficient (Wildman–Crippen LogP) is 3.58. The van der Waals surface area contributed by atoms with E-state index in [1.165, 1.54) is 0 Å². The van der Waals surface area contributed by atoms with Gasteiger partial charge in [0.25, 0.3) is 0 Å². The molecular formula is C10H15ClN2S. The summed E-state index contributed by atoms with van der Waals surface area (Å²) < 4.78 is 0. The summed E-state index contributed by atoms with van der Waals surface area (Å²) in [5.74, 6) is 1.94. The fourth-order valence-electron chi connectivity index (χ4n) is 1.06. The Morgan fingerprint density at radius 2 is 2.07 bits per heavy atom. The van der Waals surface area contributed by atoms with Gasteiger partial charge in [0, 0.05) is 12.5 Å². The van der Waals surface area contributed by atoms with E-state index in [4.69, 9.17) is 11.6 Å². The zero-order valence-corrected chi connectivity index (χ0v) is 10.2. The van der Waals surface area contributed by atoms with Gasteiger partial charge in [0.05, 0.1) is 0 Å². The van der Waals surface area contributed by atoms with E-state index in [0.29, 0.717) is 5.15 Å². The number of aromatic nitrogens is 2. The molecule has 0 saturated heterocycles. The Kier molecular flexibility index (Phi) is 5.26. The lowest BCUT2D eigenvalue weighted by molar-refractivity contribution is 0.809. The number of thioether (sulfide) groups is 1. The van der Waals surface area contributed by atoms with E-state index in [-0.39, 0.29) is 0 Å². The normalized spacial score (nSPS) is 10.5. The molecule has 1 rings (SSSR count). The maximum Gasteiger partial charge on any atom is 0.133 e. The summed E-state index contributed by atoms with van der Waals surface area (Å²) in [4.78, 5) is 8.60. The van der Waals surface area contributed by atoms with Gasteiger partial charge in [-0.25, -0.2) is 9.97 Å². The molecule has 0 atom stereocenters. The lowest BCUT2D eigenvalue weighted by Gasteiger charge is -2.02. The van der Waals surface area contributed by atoms with E-state index in [0.717, 1.165) is 35.9 Å². The summed E-state index contributed by atoms with van der Waals surface area (Å²) in [5, 5.41) is 1.55. The number of hydrogen-bond acceptors (Lipinski definition) is 3. The molecule has 0 spiro atoms. The SMILES string of the molecule is CCCSc1cc(Cl)nc(CCC)n1. The Morgan fingerprint density at radius 3 is 2.71 bits per heavy atom. The number of aryl methyl sites for hydroxylation is 1. The van der Waals surface area contributed by atoms with Crippen LogP contribution in [0.4, 0.5) is 0 Å². The molecule has 0 aliphatic carbocycles. The Morgan fingerprint density at radius 1 is 1.29 bits per heavy atom. The van der Waals surface area contributed by atoms with Gasteiger partial charge >= 0.3 is 0 Å². The summed E-state index contributed by atoms with van der Waals surface area (Å²) in [6.45, 7) is 4.27. The third kappa shape index (κ3) is 3.84. The van der Waals surface area contributed by atoms with Crippen molar-refractivity contribution in [2.45, 2.75) is 38.1 Å². The molecule has 1 aromatic rings. The highest BCUT2D eigenvalue weighted by Gasteiger charge is 2.02. The van der Waals surface area contributed by atoms with Crippen LogP contribution in [0.1, 0.15) is 32.5 Å². The molecule has 1 heterocycles. The van der Waals surface area contributed by atoms with Gasteiger partial charge < -0.3 is 0 Å². The van der Waals surface area contributed by atoms with Gasteiger partial charge in [-0.05, 0) is 18.6 Å².